The van der Waals surface area contributed by atoms with Crippen molar-refractivity contribution in [3.63, 3.8) is 0 Å². The van der Waals surface area contributed by atoms with Gasteiger partial charge in [0.2, 0.25) is 0 Å². The van der Waals surface area contributed by atoms with Gasteiger partial charge in [-0.3, -0.25) is 14.5 Å². The maximum absolute atomic E-state index is 13.4. The van der Waals surface area contributed by atoms with Crippen molar-refractivity contribution in [3.8, 4) is 17.2 Å². The second-order valence-corrected chi connectivity index (χ2v) is 9.36. The van der Waals surface area contributed by atoms with Gasteiger partial charge in [0.05, 0.1) is 25.3 Å². The van der Waals surface area contributed by atoms with Crippen molar-refractivity contribution < 1.29 is 29.3 Å². The molecular formula is C29H28ClNO6. The van der Waals surface area contributed by atoms with Crippen LogP contribution in [0.2, 0.25) is 5.02 Å². The number of halogens is 1. The third kappa shape index (κ3) is 4.87. The normalized spacial score (nSPS) is 16.9. The number of methoxy groups -OCH3 is 1. The summed E-state index contributed by atoms with van der Waals surface area (Å²) >= 11 is 6.20. The van der Waals surface area contributed by atoms with E-state index in [2.05, 4.69) is 0 Å². The van der Waals surface area contributed by atoms with Crippen molar-refractivity contribution in [1.82, 2.24) is 0 Å². The van der Waals surface area contributed by atoms with Crippen LogP contribution in [-0.4, -0.2) is 35.6 Å². The zero-order valence-corrected chi connectivity index (χ0v) is 21.7. The number of carbonyl (C=O) groups is 2. The third-order valence-electron chi connectivity index (χ3n) is 6.25. The number of rotatable bonds is 7. The standard InChI is InChI=1S/C29H28ClNO6/c1-5-37-23-11-10-18(13-21(23)16(2)3)27(33)25-26(17-9-12-24(36-4)22(32)14-17)31(29(35)28(25)34)20-8-6-7-19(30)15-20/h6-16,26,32-33H,5H2,1-4H3/b27-25-. The van der Waals surface area contributed by atoms with E-state index in [0.717, 1.165) is 5.56 Å². The van der Waals surface area contributed by atoms with Gasteiger partial charge in [0, 0.05) is 16.3 Å². The van der Waals surface area contributed by atoms with E-state index >= 15 is 0 Å². The molecule has 1 amide bonds. The first-order valence-electron chi connectivity index (χ1n) is 11.9. The average molecular weight is 522 g/mol. The first-order valence-corrected chi connectivity index (χ1v) is 12.3. The van der Waals surface area contributed by atoms with Gasteiger partial charge in [0.15, 0.2) is 11.5 Å². The number of amides is 1. The minimum atomic E-state index is -1.02. The molecule has 192 valence electrons. The number of nitrogens with zero attached hydrogens (tertiary/aromatic N) is 1. The minimum absolute atomic E-state index is 0.0810. The molecule has 2 N–H and O–H groups in total. The Bertz CT molecular complexity index is 1400. The van der Waals surface area contributed by atoms with Crippen LogP contribution >= 0.6 is 11.6 Å². The third-order valence-corrected chi connectivity index (χ3v) is 6.49. The summed E-state index contributed by atoms with van der Waals surface area (Å²) in [4.78, 5) is 28.0. The number of carbonyl (C=O) groups excluding carboxylic acids is 2. The molecule has 1 aliphatic heterocycles. The van der Waals surface area contributed by atoms with Crippen molar-refractivity contribution in [1.29, 1.82) is 0 Å². The lowest BCUT2D eigenvalue weighted by Crippen LogP contribution is -2.29. The Balaban J connectivity index is 1.95. The van der Waals surface area contributed by atoms with Crippen LogP contribution in [-0.2, 0) is 9.59 Å². The molecule has 0 aliphatic carbocycles. The Morgan fingerprint density at radius 3 is 2.41 bits per heavy atom. The molecule has 1 unspecified atom stereocenters. The molecule has 1 heterocycles. The van der Waals surface area contributed by atoms with E-state index in [9.17, 15) is 19.8 Å². The number of phenols is 1. The number of Topliss-reactive ketones (excluding diaryl/α,β-unsaturated/α-hetero) is 1. The van der Waals surface area contributed by atoms with Crippen LogP contribution in [0.15, 0.2) is 66.2 Å². The van der Waals surface area contributed by atoms with Crippen molar-refractivity contribution in [2.45, 2.75) is 32.7 Å². The number of aliphatic hydroxyl groups is 1. The van der Waals surface area contributed by atoms with Crippen LogP contribution in [0.1, 0.15) is 49.4 Å². The van der Waals surface area contributed by atoms with Gasteiger partial charge in [0.25, 0.3) is 11.7 Å². The molecule has 0 bridgehead atoms. The molecule has 7 nitrogen and oxygen atoms in total. The van der Waals surface area contributed by atoms with Crippen LogP contribution in [0.3, 0.4) is 0 Å². The van der Waals surface area contributed by atoms with E-state index in [0.29, 0.717) is 34.2 Å². The number of ketones is 1. The topological polar surface area (TPSA) is 96.3 Å². The van der Waals surface area contributed by atoms with E-state index < -0.39 is 17.7 Å². The van der Waals surface area contributed by atoms with Crippen LogP contribution in [0.25, 0.3) is 5.76 Å². The summed E-state index contributed by atoms with van der Waals surface area (Å²) in [7, 11) is 1.42. The monoisotopic (exact) mass is 521 g/mol. The highest BCUT2D eigenvalue weighted by molar-refractivity contribution is 6.51. The van der Waals surface area contributed by atoms with Crippen LogP contribution in [0.4, 0.5) is 5.69 Å². The maximum Gasteiger partial charge on any atom is 0.300 e. The number of hydrogen-bond acceptors (Lipinski definition) is 6. The fourth-order valence-electron chi connectivity index (χ4n) is 4.51. The number of anilines is 1. The lowest BCUT2D eigenvalue weighted by atomic mass is 9.93. The molecule has 3 aromatic carbocycles. The SMILES string of the molecule is CCOc1ccc(/C(O)=C2/C(=O)C(=O)N(c3cccc(Cl)c3)C2c2ccc(OC)c(O)c2)cc1C(C)C. The molecule has 37 heavy (non-hydrogen) atoms. The summed E-state index contributed by atoms with van der Waals surface area (Å²) in [6.07, 6.45) is 0. The predicted molar refractivity (Wildman–Crippen MR) is 143 cm³/mol. The van der Waals surface area contributed by atoms with Crippen molar-refractivity contribution in [3.05, 3.63) is 87.9 Å². The van der Waals surface area contributed by atoms with Gasteiger partial charge in [-0.25, -0.2) is 0 Å². The van der Waals surface area contributed by atoms with Gasteiger partial charge in [-0.15, -0.1) is 0 Å². The summed E-state index contributed by atoms with van der Waals surface area (Å²) in [5.41, 5.74) is 1.92. The van der Waals surface area contributed by atoms with E-state index in [1.54, 1.807) is 48.5 Å². The molecule has 3 aromatic rings. The minimum Gasteiger partial charge on any atom is -0.507 e. The average Bonchev–Trinajstić information content (AvgIpc) is 3.14. The molecule has 1 fully saturated rings. The van der Waals surface area contributed by atoms with E-state index in [1.165, 1.54) is 24.1 Å². The molecule has 1 atom stereocenters. The van der Waals surface area contributed by atoms with Gasteiger partial charge in [0.1, 0.15) is 11.5 Å². The highest BCUT2D eigenvalue weighted by atomic mass is 35.5. The number of hydrogen-bond donors (Lipinski definition) is 2. The van der Waals surface area contributed by atoms with E-state index in [4.69, 9.17) is 21.1 Å². The zero-order valence-electron chi connectivity index (χ0n) is 21.0. The first kappa shape index (κ1) is 26.1. The number of benzene rings is 3. The van der Waals surface area contributed by atoms with Gasteiger partial charge < -0.3 is 19.7 Å². The number of aliphatic hydroxyl groups excluding tert-OH is 1. The Labute approximate surface area is 220 Å². The lowest BCUT2D eigenvalue weighted by Gasteiger charge is -2.26. The Kier molecular flexibility index (Phi) is 7.45. The number of aromatic hydroxyl groups is 1. The maximum atomic E-state index is 13.4. The summed E-state index contributed by atoms with van der Waals surface area (Å²) in [5.74, 6) is -1.16. The Morgan fingerprint density at radius 1 is 1.05 bits per heavy atom. The smallest absolute Gasteiger partial charge is 0.300 e. The molecule has 0 radical (unpaired) electrons. The molecule has 4 rings (SSSR count). The van der Waals surface area contributed by atoms with Crippen LogP contribution < -0.4 is 14.4 Å². The second-order valence-electron chi connectivity index (χ2n) is 8.92. The van der Waals surface area contributed by atoms with Crippen molar-refractivity contribution in [2.24, 2.45) is 0 Å². The van der Waals surface area contributed by atoms with Gasteiger partial charge in [-0.1, -0.05) is 37.6 Å². The van der Waals surface area contributed by atoms with Crippen LogP contribution in [0, 0.1) is 0 Å². The van der Waals surface area contributed by atoms with E-state index in [1.807, 2.05) is 20.8 Å². The molecule has 0 spiro atoms. The van der Waals surface area contributed by atoms with Crippen LogP contribution in [0.5, 0.6) is 17.2 Å². The van der Waals surface area contributed by atoms with Crippen molar-refractivity contribution >= 4 is 34.7 Å². The molecule has 1 saturated heterocycles. The Hall–Kier alpha value is -3.97. The predicted octanol–water partition coefficient (Wildman–Crippen LogP) is 6.20. The Morgan fingerprint density at radius 2 is 1.78 bits per heavy atom. The summed E-state index contributed by atoms with van der Waals surface area (Å²) in [6, 6.07) is 15.3. The van der Waals surface area contributed by atoms with Gasteiger partial charge in [-0.2, -0.15) is 0 Å². The van der Waals surface area contributed by atoms with Gasteiger partial charge >= 0.3 is 0 Å². The molecule has 8 heteroatoms. The summed E-state index contributed by atoms with van der Waals surface area (Å²) in [6.45, 7) is 6.37. The largest absolute Gasteiger partial charge is 0.507 e. The first-order chi connectivity index (χ1) is 17.7. The number of phenolic OH excluding ortho intramolecular Hbond substituents is 1. The summed E-state index contributed by atoms with van der Waals surface area (Å²) < 4.78 is 10.9. The highest BCUT2D eigenvalue weighted by Gasteiger charge is 2.47. The van der Waals surface area contributed by atoms with Gasteiger partial charge in [-0.05, 0) is 72.5 Å². The molecule has 1 aliphatic rings. The molecule has 0 aromatic heterocycles. The molecular weight excluding hydrogens is 494 g/mol. The fraction of sp³-hybridized carbons (Fsp3) is 0.241. The summed E-state index contributed by atoms with van der Waals surface area (Å²) in [5, 5.41) is 22.3. The second kappa shape index (κ2) is 10.6. The van der Waals surface area contributed by atoms with E-state index in [-0.39, 0.29) is 28.7 Å². The highest BCUT2D eigenvalue weighted by Crippen LogP contribution is 2.44. The quantitative estimate of drug-likeness (QED) is 0.218. The molecule has 0 saturated carbocycles. The fourth-order valence-corrected chi connectivity index (χ4v) is 4.69. The zero-order chi connectivity index (χ0) is 26.9. The number of ether oxygens (including phenoxy) is 2. The lowest BCUT2D eigenvalue weighted by molar-refractivity contribution is -0.132. The van der Waals surface area contributed by atoms with Crippen molar-refractivity contribution in [2.75, 3.05) is 18.6 Å².